The van der Waals surface area contributed by atoms with Crippen LogP contribution in [0, 0.1) is 5.92 Å². The molecule has 0 saturated heterocycles. The molecule has 1 saturated carbocycles. The van der Waals surface area contributed by atoms with Crippen LogP contribution in [0.2, 0.25) is 0 Å². The molecule has 1 aliphatic carbocycles. The number of methoxy groups -OCH3 is 1. The Balaban J connectivity index is 1.72. The second-order valence-corrected chi connectivity index (χ2v) is 5.26. The summed E-state index contributed by atoms with van der Waals surface area (Å²) in [6, 6.07) is 8.14. The van der Waals surface area contributed by atoms with Crippen molar-refractivity contribution < 1.29 is 4.74 Å². The zero-order valence-corrected chi connectivity index (χ0v) is 11.4. The highest BCUT2D eigenvalue weighted by atomic mass is 16.5. The first kappa shape index (κ1) is 12.3. The van der Waals surface area contributed by atoms with Crippen LogP contribution in [-0.2, 0) is 0 Å². The van der Waals surface area contributed by atoms with E-state index in [1.165, 1.54) is 31.1 Å². The Morgan fingerprint density at radius 1 is 1.32 bits per heavy atom. The van der Waals surface area contributed by atoms with Gasteiger partial charge < -0.3 is 10.1 Å². The van der Waals surface area contributed by atoms with Gasteiger partial charge in [-0.05, 0) is 42.3 Å². The van der Waals surface area contributed by atoms with E-state index in [1.54, 1.807) is 7.11 Å². The second-order valence-electron chi connectivity index (χ2n) is 5.26. The molecule has 1 aromatic heterocycles. The fourth-order valence-corrected chi connectivity index (χ4v) is 2.42. The number of fused-ring (bicyclic) bond motifs is 1. The van der Waals surface area contributed by atoms with E-state index in [1.807, 2.05) is 24.4 Å². The van der Waals surface area contributed by atoms with Gasteiger partial charge in [-0.3, -0.25) is 0 Å². The minimum absolute atomic E-state index is 0.876. The van der Waals surface area contributed by atoms with Crippen LogP contribution in [0.5, 0.6) is 5.75 Å². The van der Waals surface area contributed by atoms with Crippen LogP contribution < -0.4 is 10.1 Å². The molecule has 19 heavy (non-hydrogen) atoms. The lowest BCUT2D eigenvalue weighted by molar-refractivity contribution is 0.415. The molecule has 1 heterocycles. The van der Waals surface area contributed by atoms with E-state index in [-0.39, 0.29) is 0 Å². The summed E-state index contributed by atoms with van der Waals surface area (Å²) in [6.45, 7) is 1.000. The Labute approximate surface area is 114 Å². The Bertz CT molecular complexity index is 564. The zero-order valence-electron chi connectivity index (χ0n) is 11.4. The Hall–Kier alpha value is -1.77. The molecule has 0 spiro atoms. The molecule has 0 aliphatic heterocycles. The summed E-state index contributed by atoms with van der Waals surface area (Å²) in [4.78, 5) is 4.45. The molecule has 1 N–H and O–H groups in total. The normalized spacial score (nSPS) is 14.6. The highest BCUT2D eigenvalue weighted by Gasteiger charge is 2.19. The van der Waals surface area contributed by atoms with Gasteiger partial charge in [0, 0.05) is 18.1 Å². The van der Waals surface area contributed by atoms with Gasteiger partial charge >= 0.3 is 0 Å². The number of nitrogens with one attached hydrogen (secondary N) is 1. The average Bonchev–Trinajstić information content (AvgIpc) is 3.27. The molecular formula is C16H20N2O. The molecule has 0 bridgehead atoms. The minimum Gasteiger partial charge on any atom is -0.497 e. The lowest BCUT2D eigenvalue weighted by Gasteiger charge is -2.09. The molecule has 0 atom stereocenters. The van der Waals surface area contributed by atoms with Gasteiger partial charge in [0.25, 0.3) is 0 Å². The molecule has 0 unspecified atom stereocenters. The van der Waals surface area contributed by atoms with E-state index < -0.39 is 0 Å². The van der Waals surface area contributed by atoms with Crippen molar-refractivity contribution in [3.63, 3.8) is 0 Å². The summed E-state index contributed by atoms with van der Waals surface area (Å²) in [5.41, 5.74) is 0. The second kappa shape index (κ2) is 5.47. The van der Waals surface area contributed by atoms with Gasteiger partial charge in [-0.2, -0.15) is 0 Å². The number of anilines is 1. The molecule has 100 valence electrons. The van der Waals surface area contributed by atoms with E-state index in [9.17, 15) is 0 Å². The molecule has 0 amide bonds. The molecule has 3 rings (SSSR count). The predicted octanol–water partition coefficient (Wildman–Crippen LogP) is 3.85. The summed E-state index contributed by atoms with van der Waals surface area (Å²) >= 11 is 0. The maximum absolute atomic E-state index is 5.29. The van der Waals surface area contributed by atoms with Gasteiger partial charge in [0.15, 0.2) is 0 Å². The van der Waals surface area contributed by atoms with E-state index in [4.69, 9.17) is 4.74 Å². The van der Waals surface area contributed by atoms with Crippen molar-refractivity contribution in [2.45, 2.75) is 25.7 Å². The zero-order chi connectivity index (χ0) is 13.1. The average molecular weight is 256 g/mol. The molecule has 1 aliphatic rings. The van der Waals surface area contributed by atoms with Crippen molar-refractivity contribution in [2.75, 3.05) is 19.0 Å². The highest BCUT2D eigenvalue weighted by Crippen LogP contribution is 2.33. The first-order chi connectivity index (χ1) is 9.36. The predicted molar refractivity (Wildman–Crippen MR) is 78.7 cm³/mol. The van der Waals surface area contributed by atoms with Crippen molar-refractivity contribution in [3.8, 4) is 5.75 Å². The maximum atomic E-state index is 5.29. The molecule has 3 heteroatoms. The number of benzene rings is 1. The van der Waals surface area contributed by atoms with Gasteiger partial charge in [0.05, 0.1) is 7.11 Å². The number of aromatic nitrogens is 1. The first-order valence-electron chi connectivity index (χ1n) is 7.03. The van der Waals surface area contributed by atoms with E-state index in [2.05, 4.69) is 16.4 Å². The summed E-state index contributed by atoms with van der Waals surface area (Å²) in [5.74, 6) is 2.84. The molecule has 1 aromatic carbocycles. The third-order valence-corrected chi connectivity index (χ3v) is 3.75. The van der Waals surface area contributed by atoms with Crippen molar-refractivity contribution in [3.05, 3.63) is 30.5 Å². The highest BCUT2D eigenvalue weighted by molar-refractivity contribution is 5.92. The van der Waals surface area contributed by atoms with Crippen LogP contribution >= 0.6 is 0 Å². The van der Waals surface area contributed by atoms with Gasteiger partial charge in [-0.25, -0.2) is 4.98 Å². The van der Waals surface area contributed by atoms with Gasteiger partial charge in [-0.1, -0.05) is 18.9 Å². The Kier molecular flexibility index (Phi) is 3.53. The number of hydrogen-bond donors (Lipinski definition) is 1. The summed E-state index contributed by atoms with van der Waals surface area (Å²) in [6.07, 6.45) is 7.30. The van der Waals surface area contributed by atoms with Crippen LogP contribution in [0.3, 0.4) is 0 Å². The summed E-state index contributed by atoms with van der Waals surface area (Å²) < 4.78 is 5.29. The first-order valence-corrected chi connectivity index (χ1v) is 7.03. The van der Waals surface area contributed by atoms with Crippen LogP contribution in [-0.4, -0.2) is 18.6 Å². The van der Waals surface area contributed by atoms with E-state index >= 15 is 0 Å². The van der Waals surface area contributed by atoms with E-state index in [0.717, 1.165) is 29.4 Å². The lowest BCUT2D eigenvalue weighted by atomic mass is 10.1. The maximum Gasteiger partial charge on any atom is 0.133 e. The van der Waals surface area contributed by atoms with Gasteiger partial charge in [-0.15, -0.1) is 0 Å². The molecule has 2 aromatic rings. The fraction of sp³-hybridized carbons (Fsp3) is 0.438. The van der Waals surface area contributed by atoms with Crippen LogP contribution in [0.4, 0.5) is 5.82 Å². The van der Waals surface area contributed by atoms with Gasteiger partial charge in [0.1, 0.15) is 11.6 Å². The third-order valence-electron chi connectivity index (χ3n) is 3.75. The van der Waals surface area contributed by atoms with E-state index in [0.29, 0.717) is 0 Å². The standard InChI is InChI=1S/C16H20N2O/c1-19-14-7-6-13-8-10-18-16(15(13)11-14)17-9-2-3-12-4-5-12/h6-8,10-12H,2-5,9H2,1H3,(H,17,18). The minimum atomic E-state index is 0.876. The molecule has 1 fully saturated rings. The fourth-order valence-electron chi connectivity index (χ4n) is 2.42. The molecule has 0 radical (unpaired) electrons. The smallest absolute Gasteiger partial charge is 0.133 e. The third kappa shape index (κ3) is 2.98. The van der Waals surface area contributed by atoms with Gasteiger partial charge in [0.2, 0.25) is 0 Å². The summed E-state index contributed by atoms with van der Waals surface area (Å²) in [7, 11) is 1.69. The largest absolute Gasteiger partial charge is 0.497 e. The Morgan fingerprint density at radius 2 is 2.21 bits per heavy atom. The van der Waals surface area contributed by atoms with Crippen molar-refractivity contribution in [1.29, 1.82) is 0 Å². The topological polar surface area (TPSA) is 34.1 Å². The number of pyridine rings is 1. The Morgan fingerprint density at radius 3 is 3.00 bits per heavy atom. The number of nitrogens with zero attached hydrogens (tertiary/aromatic N) is 1. The monoisotopic (exact) mass is 256 g/mol. The van der Waals surface area contributed by atoms with Crippen LogP contribution in [0.1, 0.15) is 25.7 Å². The van der Waals surface area contributed by atoms with Crippen molar-refractivity contribution >= 4 is 16.6 Å². The SMILES string of the molecule is COc1ccc2ccnc(NCCCC3CC3)c2c1. The molecule has 3 nitrogen and oxygen atoms in total. The van der Waals surface area contributed by atoms with Crippen LogP contribution in [0.25, 0.3) is 10.8 Å². The van der Waals surface area contributed by atoms with Crippen LogP contribution in [0.15, 0.2) is 30.5 Å². The number of rotatable bonds is 6. The molecular weight excluding hydrogens is 236 g/mol. The summed E-state index contributed by atoms with van der Waals surface area (Å²) in [5, 5.41) is 5.78. The van der Waals surface area contributed by atoms with Crippen molar-refractivity contribution in [1.82, 2.24) is 4.98 Å². The lowest BCUT2D eigenvalue weighted by Crippen LogP contribution is -2.04. The van der Waals surface area contributed by atoms with Crippen molar-refractivity contribution in [2.24, 2.45) is 5.92 Å². The number of hydrogen-bond acceptors (Lipinski definition) is 3. The number of ether oxygens (including phenoxy) is 1. The quantitative estimate of drug-likeness (QED) is 0.797.